The first-order valence-corrected chi connectivity index (χ1v) is 8.53. The second-order valence-corrected chi connectivity index (χ2v) is 6.54. The van der Waals surface area contributed by atoms with Gasteiger partial charge in [0.1, 0.15) is 11.5 Å². The summed E-state index contributed by atoms with van der Waals surface area (Å²) in [7, 11) is 0. The summed E-state index contributed by atoms with van der Waals surface area (Å²) in [5, 5.41) is 0. The van der Waals surface area contributed by atoms with E-state index in [4.69, 9.17) is 4.42 Å². The minimum Gasteiger partial charge on any atom is -0.467 e. The van der Waals surface area contributed by atoms with E-state index in [1.54, 1.807) is 18.5 Å². The van der Waals surface area contributed by atoms with Gasteiger partial charge in [-0.1, -0.05) is 0 Å². The Morgan fingerprint density at radius 3 is 2.75 bits per heavy atom. The van der Waals surface area contributed by atoms with Crippen LogP contribution in [0.15, 0.2) is 35.1 Å². The summed E-state index contributed by atoms with van der Waals surface area (Å²) in [5.41, 5.74) is 1.03. The smallest absolute Gasteiger partial charge is 0.270 e. The Kier molecular flexibility index (Phi) is 3.88. The number of amides is 2. The van der Waals surface area contributed by atoms with Crippen LogP contribution in [0.2, 0.25) is 0 Å². The minimum absolute atomic E-state index is 0.0180. The molecule has 6 heteroatoms. The fourth-order valence-electron chi connectivity index (χ4n) is 3.22. The lowest BCUT2D eigenvalue weighted by atomic mass is 10.2. The molecule has 0 spiro atoms. The van der Waals surface area contributed by atoms with Crippen LogP contribution in [0.3, 0.4) is 0 Å². The number of carbonyl (C=O) groups is 2. The first-order chi connectivity index (χ1) is 11.7. The molecular formula is C18H21N3O3. The van der Waals surface area contributed by atoms with Crippen molar-refractivity contribution < 1.29 is 14.0 Å². The zero-order chi connectivity index (χ0) is 16.5. The molecule has 2 aromatic heterocycles. The lowest BCUT2D eigenvalue weighted by Gasteiger charge is -2.20. The van der Waals surface area contributed by atoms with Crippen LogP contribution in [0.5, 0.6) is 0 Å². The van der Waals surface area contributed by atoms with Crippen LogP contribution in [0.1, 0.15) is 52.3 Å². The van der Waals surface area contributed by atoms with Gasteiger partial charge in [0.25, 0.3) is 11.8 Å². The van der Waals surface area contributed by atoms with Crippen molar-refractivity contribution in [3.8, 4) is 0 Å². The summed E-state index contributed by atoms with van der Waals surface area (Å²) < 4.78 is 5.38. The Hall–Kier alpha value is -2.50. The molecule has 1 aliphatic carbocycles. The number of carbonyl (C=O) groups excluding carboxylic acids is 2. The number of aromatic nitrogens is 1. The molecule has 0 radical (unpaired) electrons. The Bertz CT molecular complexity index is 725. The van der Waals surface area contributed by atoms with Crippen molar-refractivity contribution in [2.75, 3.05) is 13.1 Å². The van der Waals surface area contributed by atoms with Gasteiger partial charge in [-0.05, 0) is 43.9 Å². The van der Waals surface area contributed by atoms with Crippen LogP contribution >= 0.6 is 0 Å². The Balaban J connectivity index is 1.49. The molecule has 1 N–H and O–H groups in total. The summed E-state index contributed by atoms with van der Waals surface area (Å²) in [6.07, 6.45) is 7.41. The third-order valence-electron chi connectivity index (χ3n) is 4.71. The van der Waals surface area contributed by atoms with Crippen molar-refractivity contribution in [2.45, 2.75) is 38.3 Å². The Morgan fingerprint density at radius 2 is 2.08 bits per heavy atom. The number of aromatic amines is 1. The van der Waals surface area contributed by atoms with Crippen LogP contribution in [0, 0.1) is 0 Å². The molecule has 0 aromatic carbocycles. The van der Waals surface area contributed by atoms with Gasteiger partial charge in [-0.3, -0.25) is 9.59 Å². The molecular weight excluding hydrogens is 306 g/mol. The number of nitrogens with zero attached hydrogens (tertiary/aromatic N) is 2. The molecule has 2 fully saturated rings. The van der Waals surface area contributed by atoms with Crippen molar-refractivity contribution in [3.05, 3.63) is 47.7 Å². The maximum absolute atomic E-state index is 12.8. The fourth-order valence-corrected chi connectivity index (χ4v) is 3.22. The van der Waals surface area contributed by atoms with Crippen molar-refractivity contribution in [1.29, 1.82) is 0 Å². The van der Waals surface area contributed by atoms with Gasteiger partial charge in [0.2, 0.25) is 0 Å². The predicted molar refractivity (Wildman–Crippen MR) is 87.5 cm³/mol. The van der Waals surface area contributed by atoms with E-state index >= 15 is 0 Å². The molecule has 0 atom stereocenters. The van der Waals surface area contributed by atoms with Crippen molar-refractivity contribution in [1.82, 2.24) is 14.8 Å². The normalized spacial score (nSPS) is 17.2. The second kappa shape index (κ2) is 6.19. The van der Waals surface area contributed by atoms with Crippen LogP contribution in [-0.4, -0.2) is 45.7 Å². The number of nitrogens with one attached hydrogen (secondary N) is 1. The van der Waals surface area contributed by atoms with E-state index in [-0.39, 0.29) is 17.9 Å². The number of hydrogen-bond donors (Lipinski definition) is 1. The quantitative estimate of drug-likeness (QED) is 0.918. The molecule has 2 aromatic rings. The van der Waals surface area contributed by atoms with Gasteiger partial charge in [0.05, 0.1) is 18.4 Å². The maximum atomic E-state index is 12.8. The van der Waals surface area contributed by atoms with Crippen LogP contribution in [-0.2, 0) is 6.54 Å². The third kappa shape index (κ3) is 2.96. The zero-order valence-corrected chi connectivity index (χ0v) is 13.5. The number of rotatable bonds is 5. The van der Waals surface area contributed by atoms with Crippen LogP contribution < -0.4 is 0 Å². The van der Waals surface area contributed by atoms with E-state index in [0.29, 0.717) is 17.8 Å². The minimum atomic E-state index is -0.0504. The summed E-state index contributed by atoms with van der Waals surface area (Å²) in [6.45, 7) is 2.07. The molecule has 1 saturated heterocycles. The molecule has 6 nitrogen and oxygen atoms in total. The highest BCUT2D eigenvalue weighted by atomic mass is 16.3. The van der Waals surface area contributed by atoms with Crippen molar-refractivity contribution >= 4 is 11.8 Å². The molecule has 3 heterocycles. The van der Waals surface area contributed by atoms with E-state index in [9.17, 15) is 9.59 Å². The van der Waals surface area contributed by atoms with Crippen LogP contribution in [0.4, 0.5) is 0 Å². The molecule has 0 unspecified atom stereocenters. The molecule has 1 aliphatic heterocycles. The largest absolute Gasteiger partial charge is 0.467 e. The number of furan rings is 1. The summed E-state index contributed by atoms with van der Waals surface area (Å²) in [4.78, 5) is 31.9. The predicted octanol–water partition coefficient (Wildman–Crippen LogP) is 2.65. The van der Waals surface area contributed by atoms with Gasteiger partial charge in [0.15, 0.2) is 0 Å². The summed E-state index contributed by atoms with van der Waals surface area (Å²) >= 11 is 0. The highest BCUT2D eigenvalue weighted by Gasteiger charge is 2.34. The summed E-state index contributed by atoms with van der Waals surface area (Å²) in [6, 6.07) is 5.66. The van der Waals surface area contributed by atoms with E-state index < -0.39 is 0 Å². The van der Waals surface area contributed by atoms with E-state index in [2.05, 4.69) is 4.98 Å². The first-order valence-electron chi connectivity index (χ1n) is 8.53. The fraction of sp³-hybridized carbons (Fsp3) is 0.444. The van der Waals surface area contributed by atoms with Gasteiger partial charge < -0.3 is 19.2 Å². The lowest BCUT2D eigenvalue weighted by Crippen LogP contribution is -2.32. The van der Waals surface area contributed by atoms with Crippen molar-refractivity contribution in [2.24, 2.45) is 0 Å². The van der Waals surface area contributed by atoms with Gasteiger partial charge >= 0.3 is 0 Å². The Morgan fingerprint density at radius 1 is 1.29 bits per heavy atom. The number of likely N-dealkylation sites (tertiary alicyclic amines) is 1. The molecule has 4 rings (SSSR count). The standard InChI is InChI=1S/C18H21N3O3/c22-17(21(14-5-6-14)12-15-4-3-9-24-15)13-10-16(19-11-13)18(23)20-7-1-2-8-20/h3-4,9-11,14,19H,1-2,5-8,12H2. The summed E-state index contributed by atoms with van der Waals surface area (Å²) in [5.74, 6) is 0.709. The van der Waals surface area contributed by atoms with Gasteiger partial charge in [-0.25, -0.2) is 0 Å². The zero-order valence-electron chi connectivity index (χ0n) is 13.5. The molecule has 24 heavy (non-hydrogen) atoms. The third-order valence-corrected chi connectivity index (χ3v) is 4.71. The lowest BCUT2D eigenvalue weighted by molar-refractivity contribution is 0.0717. The monoisotopic (exact) mass is 327 g/mol. The SMILES string of the molecule is O=C(c1cc(C(=O)N(Cc2ccco2)C2CC2)c[nH]1)N1CCCC1. The van der Waals surface area contributed by atoms with Gasteiger partial charge in [0, 0.05) is 25.3 Å². The van der Waals surface area contributed by atoms with Crippen LogP contribution in [0.25, 0.3) is 0 Å². The number of hydrogen-bond acceptors (Lipinski definition) is 3. The number of H-pyrrole nitrogens is 1. The Labute approximate surface area is 140 Å². The van der Waals surface area contributed by atoms with E-state index in [0.717, 1.165) is 44.5 Å². The maximum Gasteiger partial charge on any atom is 0.270 e. The van der Waals surface area contributed by atoms with Gasteiger partial charge in [-0.2, -0.15) is 0 Å². The average molecular weight is 327 g/mol. The average Bonchev–Trinajstić information content (AvgIpc) is 3.09. The highest BCUT2D eigenvalue weighted by Crippen LogP contribution is 2.30. The molecule has 1 saturated carbocycles. The van der Waals surface area contributed by atoms with E-state index in [1.807, 2.05) is 21.9 Å². The van der Waals surface area contributed by atoms with E-state index in [1.165, 1.54) is 0 Å². The van der Waals surface area contributed by atoms with Crippen molar-refractivity contribution in [3.63, 3.8) is 0 Å². The molecule has 2 amide bonds. The first kappa shape index (κ1) is 15.1. The molecule has 2 aliphatic rings. The topological polar surface area (TPSA) is 69.5 Å². The molecule has 0 bridgehead atoms. The molecule has 126 valence electrons. The highest BCUT2D eigenvalue weighted by molar-refractivity contribution is 5.99. The van der Waals surface area contributed by atoms with Gasteiger partial charge in [-0.15, -0.1) is 0 Å². The second-order valence-electron chi connectivity index (χ2n) is 6.54.